The Kier molecular flexibility index (Phi) is 6.28. The van der Waals surface area contributed by atoms with Crippen LogP contribution < -0.4 is 9.47 Å². The molecule has 0 heterocycles. The largest absolute Gasteiger partial charge is 0.497 e. The molecule has 142 valence electrons. The zero-order valence-electron chi connectivity index (χ0n) is 15.9. The van der Waals surface area contributed by atoms with Crippen LogP contribution in [0.2, 0.25) is 0 Å². The lowest BCUT2D eigenvalue weighted by Gasteiger charge is -2.30. The molecule has 0 saturated heterocycles. The third-order valence-corrected chi connectivity index (χ3v) is 5.48. The molecule has 1 aliphatic carbocycles. The molecule has 4 nitrogen and oxygen atoms in total. The number of Topliss-reactive ketones (excluding diaryl/α,β-unsaturated/α-hetero) is 2. The molecule has 0 spiro atoms. The van der Waals surface area contributed by atoms with Gasteiger partial charge in [-0.2, -0.15) is 0 Å². The quantitative estimate of drug-likeness (QED) is 0.650. The van der Waals surface area contributed by atoms with Gasteiger partial charge >= 0.3 is 0 Å². The molecule has 0 bridgehead atoms. The number of benzene rings is 2. The number of carbonyl (C=O) groups is 2. The first-order valence-corrected chi connectivity index (χ1v) is 9.48. The minimum Gasteiger partial charge on any atom is -0.497 e. The van der Waals surface area contributed by atoms with Gasteiger partial charge in [0.1, 0.15) is 11.5 Å². The van der Waals surface area contributed by atoms with Gasteiger partial charge in [-0.1, -0.05) is 12.8 Å². The van der Waals surface area contributed by atoms with Crippen LogP contribution in [0.25, 0.3) is 0 Å². The third kappa shape index (κ3) is 4.57. The standard InChI is InChI=1S/C23H26O4/c1-26-19-11-7-16(8-12-19)22(24)15-18-5-3-4-6-21(18)23(25)17-9-13-20(27-2)14-10-17/h7-14,18,21H,3-6,15H2,1-2H3/t18-,21+/m0/s1. The lowest BCUT2D eigenvalue weighted by molar-refractivity contribution is 0.0784. The predicted octanol–water partition coefficient (Wildman–Crippen LogP) is 4.97. The number of ether oxygens (including phenoxy) is 2. The summed E-state index contributed by atoms with van der Waals surface area (Å²) in [6.45, 7) is 0. The van der Waals surface area contributed by atoms with E-state index in [1.807, 2.05) is 24.3 Å². The minimum atomic E-state index is -0.0886. The number of methoxy groups -OCH3 is 2. The van der Waals surface area contributed by atoms with E-state index in [1.165, 1.54) is 0 Å². The molecule has 0 amide bonds. The Labute approximate surface area is 160 Å². The fraction of sp³-hybridized carbons (Fsp3) is 0.391. The van der Waals surface area contributed by atoms with E-state index in [9.17, 15) is 9.59 Å². The van der Waals surface area contributed by atoms with Crippen LogP contribution >= 0.6 is 0 Å². The van der Waals surface area contributed by atoms with E-state index in [0.717, 1.165) is 37.2 Å². The fourth-order valence-corrected chi connectivity index (χ4v) is 3.90. The zero-order chi connectivity index (χ0) is 19.2. The van der Waals surface area contributed by atoms with Crippen molar-refractivity contribution in [1.82, 2.24) is 0 Å². The Bertz CT molecular complexity index is 777. The van der Waals surface area contributed by atoms with Crippen LogP contribution in [-0.2, 0) is 0 Å². The van der Waals surface area contributed by atoms with Crippen molar-refractivity contribution in [2.24, 2.45) is 11.8 Å². The normalized spacial score (nSPS) is 19.3. The second kappa shape index (κ2) is 8.85. The van der Waals surface area contributed by atoms with Gasteiger partial charge in [-0.25, -0.2) is 0 Å². The van der Waals surface area contributed by atoms with Gasteiger partial charge in [-0.3, -0.25) is 9.59 Å². The number of rotatable bonds is 7. The highest BCUT2D eigenvalue weighted by molar-refractivity contribution is 6.00. The van der Waals surface area contributed by atoms with Gasteiger partial charge in [0.15, 0.2) is 11.6 Å². The van der Waals surface area contributed by atoms with Gasteiger partial charge in [0.25, 0.3) is 0 Å². The smallest absolute Gasteiger partial charge is 0.166 e. The van der Waals surface area contributed by atoms with Crippen molar-refractivity contribution in [3.05, 3.63) is 59.7 Å². The first-order valence-electron chi connectivity index (χ1n) is 9.48. The molecule has 0 aromatic heterocycles. The van der Waals surface area contributed by atoms with Gasteiger partial charge in [0.05, 0.1) is 14.2 Å². The number of carbonyl (C=O) groups excluding carboxylic acids is 2. The maximum absolute atomic E-state index is 13.0. The average molecular weight is 366 g/mol. The van der Waals surface area contributed by atoms with E-state index in [-0.39, 0.29) is 23.4 Å². The van der Waals surface area contributed by atoms with Crippen molar-refractivity contribution in [2.75, 3.05) is 14.2 Å². The molecule has 2 aromatic rings. The summed E-state index contributed by atoms with van der Waals surface area (Å²) in [4.78, 5) is 25.8. The van der Waals surface area contributed by atoms with E-state index < -0.39 is 0 Å². The van der Waals surface area contributed by atoms with Gasteiger partial charge < -0.3 is 9.47 Å². The van der Waals surface area contributed by atoms with Gasteiger partial charge in [-0.05, 0) is 67.3 Å². The van der Waals surface area contributed by atoms with Crippen LogP contribution in [0, 0.1) is 11.8 Å². The molecule has 3 rings (SSSR count). The van der Waals surface area contributed by atoms with Crippen molar-refractivity contribution in [3.63, 3.8) is 0 Å². The molecule has 0 N–H and O–H groups in total. The molecule has 4 heteroatoms. The second-order valence-corrected chi connectivity index (χ2v) is 7.10. The van der Waals surface area contributed by atoms with Crippen molar-refractivity contribution < 1.29 is 19.1 Å². The highest BCUT2D eigenvalue weighted by Crippen LogP contribution is 2.35. The summed E-state index contributed by atoms with van der Waals surface area (Å²) >= 11 is 0. The Hall–Kier alpha value is -2.62. The van der Waals surface area contributed by atoms with Crippen LogP contribution in [0.1, 0.15) is 52.8 Å². The summed E-state index contributed by atoms with van der Waals surface area (Å²) in [6, 6.07) is 14.5. The SMILES string of the molecule is COc1ccc(C(=O)C[C@@H]2CCCC[C@H]2C(=O)c2ccc(OC)cc2)cc1. The van der Waals surface area contributed by atoms with Crippen LogP contribution in [-0.4, -0.2) is 25.8 Å². The number of hydrogen-bond acceptors (Lipinski definition) is 4. The predicted molar refractivity (Wildman–Crippen MR) is 105 cm³/mol. The number of hydrogen-bond donors (Lipinski definition) is 0. The highest BCUT2D eigenvalue weighted by atomic mass is 16.5. The van der Waals surface area contributed by atoms with Crippen molar-refractivity contribution in [3.8, 4) is 11.5 Å². The maximum Gasteiger partial charge on any atom is 0.166 e. The van der Waals surface area contributed by atoms with Crippen molar-refractivity contribution >= 4 is 11.6 Å². The van der Waals surface area contributed by atoms with E-state index in [2.05, 4.69) is 0 Å². The topological polar surface area (TPSA) is 52.6 Å². The molecule has 27 heavy (non-hydrogen) atoms. The molecule has 1 fully saturated rings. The lowest BCUT2D eigenvalue weighted by atomic mass is 9.73. The van der Waals surface area contributed by atoms with Crippen LogP contribution in [0.3, 0.4) is 0 Å². The minimum absolute atomic E-state index is 0.0886. The Balaban J connectivity index is 1.71. The van der Waals surface area contributed by atoms with Gasteiger partial charge in [-0.15, -0.1) is 0 Å². The van der Waals surface area contributed by atoms with E-state index >= 15 is 0 Å². The zero-order valence-corrected chi connectivity index (χ0v) is 15.9. The lowest BCUT2D eigenvalue weighted by Crippen LogP contribution is -2.29. The first kappa shape index (κ1) is 19.2. The molecule has 1 aliphatic rings. The van der Waals surface area contributed by atoms with Crippen LogP contribution in [0.15, 0.2) is 48.5 Å². The molecule has 2 atom stereocenters. The van der Waals surface area contributed by atoms with E-state index in [4.69, 9.17) is 9.47 Å². The van der Waals surface area contributed by atoms with Crippen LogP contribution in [0.5, 0.6) is 11.5 Å². The maximum atomic E-state index is 13.0. The molecule has 2 aromatic carbocycles. The second-order valence-electron chi connectivity index (χ2n) is 7.10. The van der Waals surface area contributed by atoms with E-state index in [1.54, 1.807) is 38.5 Å². The first-order chi connectivity index (χ1) is 13.1. The summed E-state index contributed by atoms with van der Waals surface area (Å²) in [6.07, 6.45) is 4.31. The van der Waals surface area contributed by atoms with Crippen molar-refractivity contribution in [1.29, 1.82) is 0 Å². The molecule has 0 radical (unpaired) electrons. The fourth-order valence-electron chi connectivity index (χ4n) is 3.90. The summed E-state index contributed by atoms with van der Waals surface area (Å²) in [5, 5.41) is 0. The third-order valence-electron chi connectivity index (χ3n) is 5.48. The van der Waals surface area contributed by atoms with Crippen molar-refractivity contribution in [2.45, 2.75) is 32.1 Å². The molecule has 0 aliphatic heterocycles. The van der Waals surface area contributed by atoms with Gasteiger partial charge in [0, 0.05) is 23.5 Å². The molecule has 1 saturated carbocycles. The Morgan fingerprint density at radius 3 is 1.89 bits per heavy atom. The van der Waals surface area contributed by atoms with E-state index in [0.29, 0.717) is 17.5 Å². The van der Waals surface area contributed by atoms with Crippen LogP contribution in [0.4, 0.5) is 0 Å². The molecular weight excluding hydrogens is 340 g/mol. The summed E-state index contributed by atoms with van der Waals surface area (Å²) < 4.78 is 10.3. The monoisotopic (exact) mass is 366 g/mol. The van der Waals surface area contributed by atoms with Gasteiger partial charge in [0.2, 0.25) is 0 Å². The summed E-state index contributed by atoms with van der Waals surface area (Å²) in [5.41, 5.74) is 1.38. The Morgan fingerprint density at radius 1 is 0.815 bits per heavy atom. The molecular formula is C23H26O4. The summed E-state index contributed by atoms with van der Waals surface area (Å²) in [5.74, 6) is 1.72. The average Bonchev–Trinajstić information content (AvgIpc) is 2.73. The number of ketones is 2. The molecule has 0 unspecified atom stereocenters. The Morgan fingerprint density at radius 2 is 1.33 bits per heavy atom. The highest BCUT2D eigenvalue weighted by Gasteiger charge is 2.33. The summed E-state index contributed by atoms with van der Waals surface area (Å²) in [7, 11) is 3.22.